The second-order valence-electron chi connectivity index (χ2n) is 6.45. The van der Waals surface area contributed by atoms with Crippen LogP contribution < -0.4 is 16.4 Å². The molecule has 25 heavy (non-hydrogen) atoms. The zero-order valence-electron chi connectivity index (χ0n) is 15.0. The molecule has 0 aromatic heterocycles. The van der Waals surface area contributed by atoms with Crippen molar-refractivity contribution in [3.8, 4) is 0 Å². The fourth-order valence-corrected chi connectivity index (χ4v) is 2.70. The largest absolute Gasteiger partial charge is 0.351 e. The number of benzene rings is 1. The van der Waals surface area contributed by atoms with Crippen LogP contribution in [0.2, 0.25) is 0 Å². The lowest BCUT2D eigenvalue weighted by Gasteiger charge is -2.18. The van der Waals surface area contributed by atoms with E-state index in [1.54, 1.807) is 0 Å². The second-order valence-corrected chi connectivity index (χ2v) is 6.45. The SMILES string of the molecule is CCC(C)C(N)C(=O)NCc1cccc(NC(=O)N2CCCC2)c1.Cl. The summed E-state index contributed by atoms with van der Waals surface area (Å²) in [6, 6.07) is 6.96. The molecule has 1 heterocycles. The minimum Gasteiger partial charge on any atom is -0.351 e. The molecule has 0 radical (unpaired) electrons. The number of nitrogens with zero attached hydrogens (tertiary/aromatic N) is 1. The number of carbonyl (C=O) groups is 2. The number of halogens is 1. The number of carbonyl (C=O) groups excluding carboxylic acids is 2. The highest BCUT2D eigenvalue weighted by Gasteiger charge is 2.19. The van der Waals surface area contributed by atoms with E-state index in [-0.39, 0.29) is 30.3 Å². The quantitative estimate of drug-likeness (QED) is 0.721. The lowest BCUT2D eigenvalue weighted by atomic mass is 9.99. The van der Waals surface area contributed by atoms with E-state index in [4.69, 9.17) is 5.73 Å². The lowest BCUT2D eigenvalue weighted by Crippen LogP contribution is -2.44. The summed E-state index contributed by atoms with van der Waals surface area (Å²) in [6.45, 7) is 6.02. The second kappa shape index (κ2) is 10.3. The number of rotatable bonds is 6. The number of likely N-dealkylation sites (tertiary alicyclic amines) is 1. The van der Waals surface area contributed by atoms with E-state index in [2.05, 4.69) is 10.6 Å². The molecule has 1 saturated heterocycles. The topological polar surface area (TPSA) is 87.5 Å². The highest BCUT2D eigenvalue weighted by atomic mass is 35.5. The molecule has 1 aliphatic rings. The van der Waals surface area contributed by atoms with Crippen LogP contribution in [0.15, 0.2) is 24.3 Å². The normalized spacial score (nSPS) is 15.9. The maximum absolute atomic E-state index is 12.1. The molecular formula is C18H29ClN4O2. The van der Waals surface area contributed by atoms with E-state index in [1.165, 1.54) is 0 Å². The number of anilines is 1. The first-order valence-electron chi connectivity index (χ1n) is 8.69. The highest BCUT2D eigenvalue weighted by Crippen LogP contribution is 2.14. The Morgan fingerprint density at radius 3 is 2.60 bits per heavy atom. The summed E-state index contributed by atoms with van der Waals surface area (Å²) in [5, 5.41) is 5.77. The Labute approximate surface area is 155 Å². The standard InChI is InChI=1S/C18H28N4O2.ClH/c1-3-13(2)16(19)17(23)20-12-14-7-6-8-15(11-14)21-18(24)22-9-4-5-10-22;/h6-8,11,13,16H,3-5,9-10,12,19H2,1-2H3,(H,20,23)(H,21,24);1H. The van der Waals surface area contributed by atoms with Crippen molar-refractivity contribution in [2.24, 2.45) is 11.7 Å². The van der Waals surface area contributed by atoms with Crippen molar-refractivity contribution >= 4 is 30.0 Å². The first-order chi connectivity index (χ1) is 11.5. The Kier molecular flexibility index (Phi) is 8.72. The fourth-order valence-electron chi connectivity index (χ4n) is 2.70. The highest BCUT2D eigenvalue weighted by molar-refractivity contribution is 5.89. The van der Waals surface area contributed by atoms with Crippen LogP contribution in [0.25, 0.3) is 0 Å². The molecule has 2 unspecified atom stereocenters. The van der Waals surface area contributed by atoms with Gasteiger partial charge in [-0.15, -0.1) is 12.4 Å². The lowest BCUT2D eigenvalue weighted by molar-refractivity contribution is -0.123. The van der Waals surface area contributed by atoms with E-state index in [0.717, 1.165) is 43.6 Å². The molecular weight excluding hydrogens is 340 g/mol. The van der Waals surface area contributed by atoms with Gasteiger partial charge in [0.05, 0.1) is 6.04 Å². The van der Waals surface area contributed by atoms with Crippen molar-refractivity contribution in [2.45, 2.75) is 45.7 Å². The zero-order valence-corrected chi connectivity index (χ0v) is 15.8. The third kappa shape index (κ3) is 6.21. The summed E-state index contributed by atoms with van der Waals surface area (Å²) < 4.78 is 0. The van der Waals surface area contributed by atoms with E-state index in [0.29, 0.717) is 6.54 Å². The number of hydrogen-bond donors (Lipinski definition) is 3. The molecule has 140 valence electrons. The molecule has 0 spiro atoms. The number of hydrogen-bond acceptors (Lipinski definition) is 3. The summed E-state index contributed by atoms with van der Waals surface area (Å²) in [4.78, 5) is 26.0. The van der Waals surface area contributed by atoms with Crippen molar-refractivity contribution in [1.29, 1.82) is 0 Å². The third-order valence-electron chi connectivity index (χ3n) is 4.60. The molecule has 3 amide bonds. The molecule has 6 nitrogen and oxygen atoms in total. The Morgan fingerprint density at radius 2 is 1.96 bits per heavy atom. The van der Waals surface area contributed by atoms with Crippen LogP contribution in [0, 0.1) is 5.92 Å². The molecule has 0 aliphatic carbocycles. The molecule has 1 aliphatic heterocycles. The average molecular weight is 369 g/mol. The van der Waals surface area contributed by atoms with Gasteiger partial charge in [0, 0.05) is 25.3 Å². The molecule has 1 aromatic rings. The fraction of sp³-hybridized carbons (Fsp3) is 0.556. The van der Waals surface area contributed by atoms with Crippen LogP contribution in [0.1, 0.15) is 38.7 Å². The molecule has 2 atom stereocenters. The van der Waals surface area contributed by atoms with E-state index in [1.807, 2.05) is 43.0 Å². The van der Waals surface area contributed by atoms with Crippen molar-refractivity contribution in [2.75, 3.05) is 18.4 Å². The molecule has 7 heteroatoms. The number of nitrogens with one attached hydrogen (secondary N) is 2. The van der Waals surface area contributed by atoms with Crippen LogP contribution >= 0.6 is 12.4 Å². The molecule has 4 N–H and O–H groups in total. The maximum Gasteiger partial charge on any atom is 0.321 e. The average Bonchev–Trinajstić information content (AvgIpc) is 3.13. The van der Waals surface area contributed by atoms with Crippen molar-refractivity contribution in [1.82, 2.24) is 10.2 Å². The van der Waals surface area contributed by atoms with E-state index in [9.17, 15) is 9.59 Å². The minimum absolute atomic E-state index is 0. The van der Waals surface area contributed by atoms with Crippen LogP contribution in [0.4, 0.5) is 10.5 Å². The summed E-state index contributed by atoms with van der Waals surface area (Å²) in [7, 11) is 0. The Morgan fingerprint density at radius 1 is 1.28 bits per heavy atom. The smallest absolute Gasteiger partial charge is 0.321 e. The number of nitrogens with two attached hydrogens (primary N) is 1. The van der Waals surface area contributed by atoms with Gasteiger partial charge in [-0.3, -0.25) is 4.79 Å². The Hall–Kier alpha value is -1.79. The van der Waals surface area contributed by atoms with Gasteiger partial charge in [-0.25, -0.2) is 4.79 Å². The van der Waals surface area contributed by atoms with Gasteiger partial charge in [0.25, 0.3) is 0 Å². The first-order valence-corrected chi connectivity index (χ1v) is 8.69. The number of amides is 3. The first kappa shape index (κ1) is 21.3. The van der Waals surface area contributed by atoms with Crippen molar-refractivity contribution in [3.63, 3.8) is 0 Å². The van der Waals surface area contributed by atoms with Gasteiger partial charge in [-0.1, -0.05) is 32.4 Å². The summed E-state index contributed by atoms with van der Waals surface area (Å²) >= 11 is 0. The van der Waals surface area contributed by atoms with Gasteiger partial charge in [-0.2, -0.15) is 0 Å². The van der Waals surface area contributed by atoms with Crippen LogP contribution in [-0.2, 0) is 11.3 Å². The van der Waals surface area contributed by atoms with Gasteiger partial charge < -0.3 is 21.3 Å². The molecule has 0 saturated carbocycles. The van der Waals surface area contributed by atoms with Crippen LogP contribution in [0.5, 0.6) is 0 Å². The summed E-state index contributed by atoms with van der Waals surface area (Å²) in [5.74, 6) is 0.00643. The number of urea groups is 1. The minimum atomic E-state index is -0.493. The summed E-state index contributed by atoms with van der Waals surface area (Å²) in [6.07, 6.45) is 3.00. The predicted octanol–water partition coefficient (Wildman–Crippen LogP) is 2.73. The molecule has 1 aromatic carbocycles. The molecule has 1 fully saturated rings. The van der Waals surface area contributed by atoms with Gasteiger partial charge in [0.2, 0.25) is 5.91 Å². The van der Waals surface area contributed by atoms with Crippen molar-refractivity contribution in [3.05, 3.63) is 29.8 Å². The maximum atomic E-state index is 12.1. The molecule has 0 bridgehead atoms. The van der Waals surface area contributed by atoms with E-state index >= 15 is 0 Å². The molecule has 2 rings (SSSR count). The summed E-state index contributed by atoms with van der Waals surface area (Å²) in [5.41, 5.74) is 7.60. The van der Waals surface area contributed by atoms with Crippen molar-refractivity contribution < 1.29 is 9.59 Å². The van der Waals surface area contributed by atoms with Crippen LogP contribution in [-0.4, -0.2) is 36.0 Å². The monoisotopic (exact) mass is 368 g/mol. The Bertz CT molecular complexity index is 576. The van der Waals surface area contributed by atoms with Gasteiger partial charge in [-0.05, 0) is 36.5 Å². The van der Waals surface area contributed by atoms with Gasteiger partial charge in [0.1, 0.15) is 0 Å². The third-order valence-corrected chi connectivity index (χ3v) is 4.60. The van der Waals surface area contributed by atoms with Gasteiger partial charge >= 0.3 is 6.03 Å². The Balaban J connectivity index is 0.00000312. The van der Waals surface area contributed by atoms with Crippen LogP contribution in [0.3, 0.4) is 0 Å². The zero-order chi connectivity index (χ0) is 17.5. The predicted molar refractivity (Wildman–Crippen MR) is 103 cm³/mol. The van der Waals surface area contributed by atoms with E-state index < -0.39 is 6.04 Å². The van der Waals surface area contributed by atoms with Gasteiger partial charge in [0.15, 0.2) is 0 Å².